The van der Waals surface area contributed by atoms with Gasteiger partial charge in [-0.3, -0.25) is 0 Å². The van der Waals surface area contributed by atoms with Crippen molar-refractivity contribution in [2.75, 3.05) is 0 Å². The molecule has 0 aliphatic heterocycles. The molecule has 0 aliphatic rings. The third kappa shape index (κ3) is 2.31. The Labute approximate surface area is 99.3 Å². The van der Waals surface area contributed by atoms with Crippen LogP contribution >= 0.6 is 11.3 Å². The number of hydrogen-bond donors (Lipinski definition) is 1. The highest BCUT2D eigenvalue weighted by atomic mass is 32.1. The van der Waals surface area contributed by atoms with Crippen molar-refractivity contribution in [1.29, 1.82) is 0 Å². The van der Waals surface area contributed by atoms with E-state index in [1.54, 1.807) is 11.3 Å². The number of rotatable bonds is 4. The molecule has 2 aromatic heterocycles. The predicted molar refractivity (Wildman–Crippen MR) is 65.3 cm³/mol. The van der Waals surface area contributed by atoms with Gasteiger partial charge in [0.1, 0.15) is 11.6 Å². The second-order valence-electron chi connectivity index (χ2n) is 3.91. The molecule has 0 bridgehead atoms. The minimum absolute atomic E-state index is 0.757. The lowest BCUT2D eigenvalue weighted by molar-refractivity contribution is 0.634. The number of hydrogen-bond acceptors (Lipinski definition) is 4. The Morgan fingerprint density at radius 2 is 2.06 bits per heavy atom. The van der Waals surface area contributed by atoms with Gasteiger partial charge in [-0.25, -0.2) is 0 Å². The van der Waals surface area contributed by atoms with E-state index in [0.717, 1.165) is 24.7 Å². The fourth-order valence-electron chi connectivity index (χ4n) is 1.48. The van der Waals surface area contributed by atoms with Crippen molar-refractivity contribution < 1.29 is 0 Å². The van der Waals surface area contributed by atoms with E-state index in [9.17, 15) is 0 Å². The molecule has 0 radical (unpaired) electrons. The number of aromatic nitrogens is 3. The molecule has 2 rings (SSSR count). The molecule has 2 aromatic rings. The van der Waals surface area contributed by atoms with Crippen molar-refractivity contribution in [2.45, 2.75) is 26.9 Å². The lowest BCUT2D eigenvalue weighted by atomic mass is 10.2. The van der Waals surface area contributed by atoms with E-state index in [2.05, 4.69) is 33.2 Å². The third-order valence-electron chi connectivity index (χ3n) is 2.74. The van der Waals surface area contributed by atoms with Gasteiger partial charge in [0.2, 0.25) is 0 Å². The molecule has 0 saturated heterocycles. The minimum atomic E-state index is 0.757. The van der Waals surface area contributed by atoms with Crippen molar-refractivity contribution in [1.82, 2.24) is 20.1 Å². The van der Waals surface area contributed by atoms with Gasteiger partial charge in [0.25, 0.3) is 0 Å². The van der Waals surface area contributed by atoms with E-state index in [-0.39, 0.29) is 0 Å². The van der Waals surface area contributed by atoms with Crippen LogP contribution in [0, 0.1) is 13.8 Å². The summed E-state index contributed by atoms with van der Waals surface area (Å²) in [7, 11) is 1.99. The Bertz CT molecular complexity index is 472. The first-order valence-electron chi connectivity index (χ1n) is 5.25. The highest BCUT2D eigenvalue weighted by Gasteiger charge is 2.04. The van der Waals surface area contributed by atoms with Crippen LogP contribution < -0.4 is 5.32 Å². The van der Waals surface area contributed by atoms with E-state index in [4.69, 9.17) is 0 Å². The number of nitrogens with zero attached hydrogens (tertiary/aromatic N) is 3. The van der Waals surface area contributed by atoms with Crippen LogP contribution in [0.4, 0.5) is 0 Å². The zero-order chi connectivity index (χ0) is 11.5. The van der Waals surface area contributed by atoms with Gasteiger partial charge in [0.05, 0.1) is 6.54 Å². The second-order valence-corrected chi connectivity index (χ2v) is 4.65. The van der Waals surface area contributed by atoms with Crippen LogP contribution in [0.25, 0.3) is 0 Å². The molecular formula is C11H16N4S. The first-order chi connectivity index (χ1) is 7.68. The van der Waals surface area contributed by atoms with Crippen LogP contribution in [0.2, 0.25) is 0 Å². The molecule has 0 aliphatic carbocycles. The quantitative estimate of drug-likeness (QED) is 0.880. The molecule has 0 fully saturated rings. The molecule has 5 heteroatoms. The van der Waals surface area contributed by atoms with Crippen molar-refractivity contribution in [3.8, 4) is 0 Å². The Balaban J connectivity index is 1.89. The summed E-state index contributed by atoms with van der Waals surface area (Å²) in [5.74, 6) is 1.92. The zero-order valence-electron chi connectivity index (χ0n) is 9.82. The first-order valence-corrected chi connectivity index (χ1v) is 6.20. The largest absolute Gasteiger partial charge is 0.317 e. The van der Waals surface area contributed by atoms with Crippen LogP contribution in [-0.2, 0) is 20.1 Å². The normalized spacial score (nSPS) is 10.9. The molecule has 0 amide bonds. The Morgan fingerprint density at radius 1 is 1.25 bits per heavy atom. The summed E-state index contributed by atoms with van der Waals surface area (Å²) in [6.07, 6.45) is 0. The SMILES string of the molecule is Cc1cscc1CNCc1nnc(C)n1C. The number of thiophene rings is 1. The molecule has 2 heterocycles. The molecule has 0 atom stereocenters. The van der Waals surface area contributed by atoms with Gasteiger partial charge in [-0.2, -0.15) is 11.3 Å². The van der Waals surface area contributed by atoms with E-state index in [1.807, 2.05) is 18.5 Å². The van der Waals surface area contributed by atoms with Gasteiger partial charge < -0.3 is 9.88 Å². The zero-order valence-corrected chi connectivity index (χ0v) is 10.6. The van der Waals surface area contributed by atoms with Crippen molar-refractivity contribution >= 4 is 11.3 Å². The topological polar surface area (TPSA) is 42.7 Å². The second kappa shape index (κ2) is 4.76. The molecule has 1 N–H and O–H groups in total. The summed E-state index contributed by atoms with van der Waals surface area (Å²) in [5, 5.41) is 15.9. The minimum Gasteiger partial charge on any atom is -0.317 e. The summed E-state index contributed by atoms with van der Waals surface area (Å²) < 4.78 is 2.01. The molecular weight excluding hydrogens is 220 g/mol. The van der Waals surface area contributed by atoms with Crippen molar-refractivity contribution in [3.63, 3.8) is 0 Å². The third-order valence-corrected chi connectivity index (χ3v) is 3.65. The molecule has 0 unspecified atom stereocenters. The predicted octanol–water partition coefficient (Wildman–Crippen LogP) is 1.78. The number of nitrogens with one attached hydrogen (secondary N) is 1. The van der Waals surface area contributed by atoms with Crippen LogP contribution in [-0.4, -0.2) is 14.8 Å². The van der Waals surface area contributed by atoms with E-state index >= 15 is 0 Å². The smallest absolute Gasteiger partial charge is 0.146 e. The molecule has 0 aromatic carbocycles. The summed E-state index contributed by atoms with van der Waals surface area (Å²) in [4.78, 5) is 0. The Kier molecular flexibility index (Phi) is 3.36. The van der Waals surface area contributed by atoms with E-state index in [0.29, 0.717) is 0 Å². The van der Waals surface area contributed by atoms with Gasteiger partial charge in [0.15, 0.2) is 0 Å². The molecule has 0 saturated carbocycles. The van der Waals surface area contributed by atoms with Gasteiger partial charge in [-0.1, -0.05) is 0 Å². The van der Waals surface area contributed by atoms with Gasteiger partial charge >= 0.3 is 0 Å². The summed E-state index contributed by atoms with van der Waals surface area (Å²) >= 11 is 1.75. The standard InChI is InChI=1S/C11H16N4S/c1-8-6-16-7-10(8)4-12-5-11-14-13-9(2)15(11)3/h6-7,12H,4-5H2,1-3H3. The summed E-state index contributed by atoms with van der Waals surface area (Å²) in [6.45, 7) is 5.74. The highest BCUT2D eigenvalue weighted by molar-refractivity contribution is 7.08. The Hall–Kier alpha value is -1.20. The average Bonchev–Trinajstić information content (AvgIpc) is 2.80. The van der Waals surface area contributed by atoms with Crippen LogP contribution in [0.3, 0.4) is 0 Å². The summed E-state index contributed by atoms with van der Waals surface area (Å²) in [6, 6.07) is 0. The maximum absolute atomic E-state index is 4.11. The van der Waals surface area contributed by atoms with Gasteiger partial charge in [-0.05, 0) is 35.7 Å². The average molecular weight is 236 g/mol. The highest BCUT2D eigenvalue weighted by Crippen LogP contribution is 2.13. The van der Waals surface area contributed by atoms with Crippen molar-refractivity contribution in [2.24, 2.45) is 7.05 Å². The Morgan fingerprint density at radius 3 is 2.62 bits per heavy atom. The van der Waals surface area contributed by atoms with Crippen LogP contribution in [0.5, 0.6) is 0 Å². The maximum Gasteiger partial charge on any atom is 0.146 e. The molecule has 4 nitrogen and oxygen atoms in total. The van der Waals surface area contributed by atoms with Crippen LogP contribution in [0.15, 0.2) is 10.8 Å². The van der Waals surface area contributed by atoms with Crippen molar-refractivity contribution in [3.05, 3.63) is 33.5 Å². The van der Waals surface area contributed by atoms with Gasteiger partial charge in [0, 0.05) is 13.6 Å². The van der Waals surface area contributed by atoms with E-state index in [1.165, 1.54) is 11.1 Å². The first kappa shape index (κ1) is 11.3. The molecule has 86 valence electrons. The lowest BCUT2D eigenvalue weighted by Gasteiger charge is -2.04. The molecule has 0 spiro atoms. The summed E-state index contributed by atoms with van der Waals surface area (Å²) in [5.41, 5.74) is 2.72. The monoisotopic (exact) mass is 236 g/mol. The lowest BCUT2D eigenvalue weighted by Crippen LogP contribution is -2.16. The fourth-order valence-corrected chi connectivity index (χ4v) is 2.34. The molecule has 16 heavy (non-hydrogen) atoms. The van der Waals surface area contributed by atoms with E-state index < -0.39 is 0 Å². The number of aryl methyl sites for hydroxylation is 2. The maximum atomic E-state index is 4.11. The fraction of sp³-hybridized carbons (Fsp3) is 0.455. The van der Waals surface area contributed by atoms with Gasteiger partial charge in [-0.15, -0.1) is 10.2 Å². The van der Waals surface area contributed by atoms with Crippen LogP contribution in [0.1, 0.15) is 22.8 Å².